The van der Waals surface area contributed by atoms with Gasteiger partial charge in [-0.1, -0.05) is 24.3 Å². The predicted octanol–water partition coefficient (Wildman–Crippen LogP) is 4.93. The van der Waals surface area contributed by atoms with E-state index in [1.165, 1.54) is 16.9 Å². The highest BCUT2D eigenvalue weighted by Crippen LogP contribution is 2.33. The topological polar surface area (TPSA) is 73.8 Å². The summed E-state index contributed by atoms with van der Waals surface area (Å²) >= 11 is 1.51. The van der Waals surface area contributed by atoms with E-state index in [1.807, 2.05) is 14.1 Å². The third-order valence-corrected chi connectivity index (χ3v) is 9.82. The van der Waals surface area contributed by atoms with Gasteiger partial charge >= 0.3 is 0 Å². The summed E-state index contributed by atoms with van der Waals surface area (Å²) in [6.07, 6.45) is 2.72. The summed E-state index contributed by atoms with van der Waals surface area (Å²) in [4.78, 5) is 22.6. The summed E-state index contributed by atoms with van der Waals surface area (Å²) in [6, 6.07) is 10.5. The number of aromatic nitrogens is 1. The Bertz CT molecular complexity index is 1330. The first kappa shape index (κ1) is 26.7. The van der Waals surface area contributed by atoms with Crippen molar-refractivity contribution in [2.45, 2.75) is 44.9 Å². The lowest BCUT2D eigenvalue weighted by atomic mass is 10.0. The van der Waals surface area contributed by atoms with Gasteiger partial charge in [0.25, 0.3) is 5.91 Å². The highest BCUT2D eigenvalue weighted by atomic mass is 32.2. The summed E-state index contributed by atoms with van der Waals surface area (Å²) in [6.45, 7) is 8.66. The van der Waals surface area contributed by atoms with Gasteiger partial charge in [-0.2, -0.15) is 4.31 Å². The van der Waals surface area contributed by atoms with Crippen LogP contribution in [0.4, 0.5) is 5.13 Å². The fourth-order valence-electron chi connectivity index (χ4n) is 4.60. The van der Waals surface area contributed by atoms with Gasteiger partial charge in [0.1, 0.15) is 0 Å². The Morgan fingerprint density at radius 2 is 1.83 bits per heavy atom. The maximum absolute atomic E-state index is 13.7. The largest absolute Gasteiger partial charge is 0.309 e. The number of hydrogen-bond acceptors (Lipinski definition) is 6. The molecule has 1 fully saturated rings. The molecule has 1 aromatic heterocycles. The molecule has 0 radical (unpaired) electrons. The molecule has 36 heavy (non-hydrogen) atoms. The second kappa shape index (κ2) is 11.0. The van der Waals surface area contributed by atoms with Gasteiger partial charge in [-0.3, -0.25) is 9.69 Å². The number of fused-ring (bicyclic) bond motifs is 1. The van der Waals surface area contributed by atoms with Crippen molar-refractivity contribution in [3.63, 3.8) is 0 Å². The molecule has 194 valence electrons. The van der Waals surface area contributed by atoms with E-state index >= 15 is 0 Å². The van der Waals surface area contributed by atoms with E-state index in [2.05, 4.69) is 37.8 Å². The van der Waals surface area contributed by atoms with Gasteiger partial charge < -0.3 is 4.90 Å². The van der Waals surface area contributed by atoms with E-state index in [0.717, 1.165) is 41.6 Å². The molecule has 1 amide bonds. The Labute approximate surface area is 218 Å². The van der Waals surface area contributed by atoms with Gasteiger partial charge in [0.15, 0.2) is 5.13 Å². The van der Waals surface area contributed by atoms with Crippen molar-refractivity contribution in [1.29, 1.82) is 0 Å². The lowest BCUT2D eigenvalue weighted by Gasteiger charge is -2.30. The minimum atomic E-state index is -3.57. The van der Waals surface area contributed by atoms with Crippen LogP contribution >= 0.6 is 11.3 Å². The molecule has 1 saturated heterocycles. The van der Waals surface area contributed by atoms with E-state index in [-0.39, 0.29) is 10.8 Å². The molecule has 3 aromatic rings. The average Bonchev–Trinajstić information content (AvgIpc) is 3.28. The quantitative estimate of drug-likeness (QED) is 0.414. The summed E-state index contributed by atoms with van der Waals surface area (Å²) in [7, 11) is 0.457. The second-order valence-electron chi connectivity index (χ2n) is 10.1. The highest BCUT2D eigenvalue weighted by molar-refractivity contribution is 7.89. The number of piperidine rings is 1. The van der Waals surface area contributed by atoms with Gasteiger partial charge in [-0.05, 0) is 101 Å². The van der Waals surface area contributed by atoms with E-state index in [0.29, 0.717) is 36.2 Å². The zero-order valence-electron chi connectivity index (χ0n) is 21.8. The predicted molar refractivity (Wildman–Crippen MR) is 148 cm³/mol. The first-order valence-electron chi connectivity index (χ1n) is 12.5. The molecule has 0 saturated carbocycles. The van der Waals surface area contributed by atoms with Crippen LogP contribution in [-0.2, 0) is 10.0 Å². The fraction of sp³-hybridized carbons (Fsp3) is 0.481. The Morgan fingerprint density at radius 1 is 1.11 bits per heavy atom. The first-order chi connectivity index (χ1) is 17.1. The van der Waals surface area contributed by atoms with Crippen LogP contribution in [0.15, 0.2) is 41.3 Å². The molecule has 0 N–H and O–H groups in total. The Hall–Kier alpha value is -2.33. The molecule has 4 rings (SSSR count). The van der Waals surface area contributed by atoms with Crippen LogP contribution in [0.5, 0.6) is 0 Å². The number of nitrogens with zero attached hydrogens (tertiary/aromatic N) is 4. The van der Waals surface area contributed by atoms with Gasteiger partial charge in [-0.25, -0.2) is 13.4 Å². The monoisotopic (exact) mass is 528 g/mol. The maximum atomic E-state index is 13.7. The Morgan fingerprint density at radius 3 is 2.50 bits per heavy atom. The zero-order chi connectivity index (χ0) is 26.0. The van der Waals surface area contributed by atoms with Gasteiger partial charge in [0.2, 0.25) is 10.0 Å². The van der Waals surface area contributed by atoms with Crippen molar-refractivity contribution in [3.8, 4) is 0 Å². The van der Waals surface area contributed by atoms with Crippen molar-refractivity contribution >= 4 is 42.6 Å². The summed E-state index contributed by atoms with van der Waals surface area (Å²) in [5, 5.41) is 0.668. The highest BCUT2D eigenvalue weighted by Gasteiger charge is 2.29. The Balaban J connectivity index is 1.62. The van der Waals surface area contributed by atoms with E-state index in [1.54, 1.807) is 33.5 Å². The molecular weight excluding hydrogens is 492 g/mol. The van der Waals surface area contributed by atoms with Crippen LogP contribution < -0.4 is 4.90 Å². The number of aryl methyl sites for hydroxylation is 2. The maximum Gasteiger partial charge on any atom is 0.260 e. The lowest BCUT2D eigenvalue weighted by molar-refractivity contribution is 0.0986. The molecule has 0 aliphatic carbocycles. The van der Waals surface area contributed by atoms with Crippen molar-refractivity contribution in [2.75, 3.05) is 45.2 Å². The SMILES string of the molecule is Cc1ccc2sc(N(CCCN(C)C)C(=O)c3ccc(S(=O)(=O)N4CCCC(C)C4)cc3)nc2c1C. The molecule has 1 aliphatic heterocycles. The van der Waals surface area contributed by atoms with Crippen molar-refractivity contribution in [2.24, 2.45) is 5.92 Å². The number of carbonyl (C=O) groups excluding carboxylic acids is 1. The molecule has 0 spiro atoms. The van der Waals surface area contributed by atoms with Gasteiger partial charge in [0.05, 0.1) is 15.1 Å². The van der Waals surface area contributed by atoms with Crippen LogP contribution in [0.1, 0.15) is 47.7 Å². The van der Waals surface area contributed by atoms with Crippen molar-refractivity contribution in [3.05, 3.63) is 53.1 Å². The first-order valence-corrected chi connectivity index (χ1v) is 14.8. The summed E-state index contributed by atoms with van der Waals surface area (Å²) < 4.78 is 28.9. The average molecular weight is 529 g/mol. The minimum Gasteiger partial charge on any atom is -0.309 e. The molecular formula is C27H36N4O3S2. The number of thiazole rings is 1. The van der Waals surface area contributed by atoms with Crippen LogP contribution in [-0.4, -0.2) is 68.8 Å². The van der Waals surface area contributed by atoms with Crippen LogP contribution in [0.25, 0.3) is 10.2 Å². The zero-order valence-corrected chi connectivity index (χ0v) is 23.5. The normalized spacial score (nSPS) is 17.1. The summed E-state index contributed by atoms with van der Waals surface area (Å²) in [5.41, 5.74) is 3.68. The number of hydrogen-bond donors (Lipinski definition) is 0. The lowest BCUT2D eigenvalue weighted by Crippen LogP contribution is -2.39. The standard InChI is InChI=1S/C27H36N4O3S2/c1-19-8-6-16-30(18-19)36(33,34)23-12-10-22(11-13-23)26(32)31(17-7-15-29(4)5)27-28-25-21(3)20(2)9-14-24(25)35-27/h9-14,19H,6-8,15-18H2,1-5H3. The Kier molecular flexibility index (Phi) is 8.14. The minimum absolute atomic E-state index is 0.169. The van der Waals surface area contributed by atoms with Crippen molar-refractivity contribution in [1.82, 2.24) is 14.2 Å². The van der Waals surface area contributed by atoms with Crippen LogP contribution in [0, 0.1) is 19.8 Å². The number of anilines is 1. The number of sulfonamides is 1. The molecule has 1 unspecified atom stereocenters. The van der Waals surface area contributed by atoms with Gasteiger partial charge in [0, 0.05) is 25.2 Å². The molecule has 0 bridgehead atoms. The molecule has 7 nitrogen and oxygen atoms in total. The molecule has 9 heteroatoms. The second-order valence-corrected chi connectivity index (χ2v) is 13.0. The van der Waals surface area contributed by atoms with E-state index < -0.39 is 10.0 Å². The number of rotatable bonds is 8. The van der Waals surface area contributed by atoms with Gasteiger partial charge in [-0.15, -0.1) is 0 Å². The van der Waals surface area contributed by atoms with Crippen molar-refractivity contribution < 1.29 is 13.2 Å². The third-order valence-electron chi connectivity index (χ3n) is 6.90. The summed E-state index contributed by atoms with van der Waals surface area (Å²) in [5.74, 6) is 0.184. The third kappa shape index (κ3) is 5.64. The van der Waals surface area contributed by atoms with E-state index in [4.69, 9.17) is 4.98 Å². The molecule has 1 aliphatic rings. The molecule has 2 aromatic carbocycles. The smallest absolute Gasteiger partial charge is 0.260 e. The van der Waals surface area contributed by atoms with Crippen LogP contribution in [0.2, 0.25) is 0 Å². The van der Waals surface area contributed by atoms with E-state index in [9.17, 15) is 13.2 Å². The molecule has 2 heterocycles. The molecule has 1 atom stereocenters. The number of amides is 1. The fourth-order valence-corrected chi connectivity index (χ4v) is 7.25. The number of carbonyl (C=O) groups is 1. The number of benzene rings is 2. The van der Waals surface area contributed by atoms with Crippen LogP contribution in [0.3, 0.4) is 0 Å².